The number of pyridine rings is 1. The Bertz CT molecular complexity index is 327. The molecular formula is C9H10ClF3N2. The number of alkyl halides is 3. The van der Waals surface area contributed by atoms with E-state index in [4.69, 9.17) is 17.3 Å². The third-order valence-corrected chi connectivity index (χ3v) is 2.17. The van der Waals surface area contributed by atoms with E-state index in [1.807, 2.05) is 0 Å². The standard InChI is InChI=1S/C9H10ClF3N2/c10-8-5-15-2-1-6(8)3-7(14)4-9(11,12)13/h1-2,5,7H,3-4,14H2. The van der Waals surface area contributed by atoms with Gasteiger partial charge in [-0.1, -0.05) is 11.6 Å². The lowest BCUT2D eigenvalue weighted by molar-refractivity contribution is -0.138. The van der Waals surface area contributed by atoms with Crippen molar-refractivity contribution in [3.8, 4) is 0 Å². The minimum Gasteiger partial charge on any atom is -0.327 e. The van der Waals surface area contributed by atoms with Gasteiger partial charge in [-0.05, 0) is 18.1 Å². The summed E-state index contributed by atoms with van der Waals surface area (Å²) < 4.78 is 36.0. The van der Waals surface area contributed by atoms with Crippen LogP contribution in [0.25, 0.3) is 0 Å². The lowest BCUT2D eigenvalue weighted by Crippen LogP contribution is -2.29. The van der Waals surface area contributed by atoms with Crippen molar-refractivity contribution in [3.05, 3.63) is 29.0 Å². The molecule has 6 heteroatoms. The molecule has 0 aliphatic rings. The first-order valence-corrected chi connectivity index (χ1v) is 4.67. The Morgan fingerprint density at radius 2 is 2.13 bits per heavy atom. The second kappa shape index (κ2) is 4.81. The van der Waals surface area contributed by atoms with Crippen LogP contribution in [-0.4, -0.2) is 17.2 Å². The highest BCUT2D eigenvalue weighted by molar-refractivity contribution is 6.31. The number of nitrogens with two attached hydrogens (primary N) is 1. The first-order valence-electron chi connectivity index (χ1n) is 4.29. The lowest BCUT2D eigenvalue weighted by atomic mass is 10.1. The molecule has 84 valence electrons. The zero-order valence-electron chi connectivity index (χ0n) is 7.76. The Balaban J connectivity index is 2.59. The van der Waals surface area contributed by atoms with Crippen molar-refractivity contribution in [2.24, 2.45) is 5.73 Å². The van der Waals surface area contributed by atoms with Crippen molar-refractivity contribution in [1.29, 1.82) is 0 Å². The van der Waals surface area contributed by atoms with Gasteiger partial charge in [0.15, 0.2) is 0 Å². The molecule has 2 N–H and O–H groups in total. The van der Waals surface area contributed by atoms with Crippen LogP contribution >= 0.6 is 11.6 Å². The summed E-state index contributed by atoms with van der Waals surface area (Å²) in [5.74, 6) is 0. The van der Waals surface area contributed by atoms with Crippen molar-refractivity contribution in [3.63, 3.8) is 0 Å². The summed E-state index contributed by atoms with van der Waals surface area (Å²) in [5, 5.41) is 0.343. The molecule has 1 unspecified atom stereocenters. The maximum atomic E-state index is 12.0. The minimum absolute atomic E-state index is 0.0981. The van der Waals surface area contributed by atoms with Crippen LogP contribution in [0.4, 0.5) is 13.2 Å². The van der Waals surface area contributed by atoms with E-state index < -0.39 is 18.6 Å². The molecule has 0 bridgehead atoms. The summed E-state index contributed by atoms with van der Waals surface area (Å²) in [5.41, 5.74) is 5.95. The van der Waals surface area contributed by atoms with Crippen LogP contribution in [0.5, 0.6) is 0 Å². The van der Waals surface area contributed by atoms with Gasteiger partial charge in [0.25, 0.3) is 0 Å². The van der Waals surface area contributed by atoms with Gasteiger partial charge in [0.05, 0.1) is 11.4 Å². The molecular weight excluding hydrogens is 229 g/mol. The quantitative estimate of drug-likeness (QED) is 0.879. The van der Waals surface area contributed by atoms with E-state index in [1.54, 1.807) is 6.07 Å². The molecule has 0 amide bonds. The van der Waals surface area contributed by atoms with E-state index in [-0.39, 0.29) is 6.42 Å². The SMILES string of the molecule is NC(Cc1ccncc1Cl)CC(F)(F)F. The van der Waals surface area contributed by atoms with Gasteiger partial charge in [0, 0.05) is 18.4 Å². The molecule has 2 nitrogen and oxygen atoms in total. The number of nitrogens with zero attached hydrogens (tertiary/aromatic N) is 1. The zero-order valence-corrected chi connectivity index (χ0v) is 8.52. The number of aromatic nitrogens is 1. The third-order valence-electron chi connectivity index (χ3n) is 1.83. The van der Waals surface area contributed by atoms with Crippen LogP contribution in [-0.2, 0) is 6.42 Å². The highest BCUT2D eigenvalue weighted by Gasteiger charge is 2.30. The van der Waals surface area contributed by atoms with Crippen LogP contribution in [0.1, 0.15) is 12.0 Å². The topological polar surface area (TPSA) is 38.9 Å². The average molecular weight is 239 g/mol. The fourth-order valence-electron chi connectivity index (χ4n) is 1.22. The highest BCUT2D eigenvalue weighted by atomic mass is 35.5. The van der Waals surface area contributed by atoms with Gasteiger partial charge in [0.1, 0.15) is 0 Å². The molecule has 1 heterocycles. The minimum atomic E-state index is -4.24. The van der Waals surface area contributed by atoms with Gasteiger partial charge in [-0.15, -0.1) is 0 Å². The summed E-state index contributed by atoms with van der Waals surface area (Å²) in [4.78, 5) is 3.73. The average Bonchev–Trinajstić information content (AvgIpc) is 2.05. The molecule has 0 aliphatic heterocycles. The summed E-state index contributed by atoms with van der Waals surface area (Å²) >= 11 is 5.74. The van der Waals surface area contributed by atoms with Crippen LogP contribution in [0.2, 0.25) is 5.02 Å². The van der Waals surface area contributed by atoms with E-state index in [9.17, 15) is 13.2 Å². The van der Waals surface area contributed by atoms with Crippen LogP contribution in [0, 0.1) is 0 Å². The van der Waals surface area contributed by atoms with Crippen molar-refractivity contribution in [2.75, 3.05) is 0 Å². The van der Waals surface area contributed by atoms with Gasteiger partial charge >= 0.3 is 6.18 Å². The number of rotatable bonds is 3. The van der Waals surface area contributed by atoms with E-state index >= 15 is 0 Å². The predicted molar refractivity (Wildman–Crippen MR) is 51.6 cm³/mol. The fourth-order valence-corrected chi connectivity index (χ4v) is 1.42. The second-order valence-corrected chi connectivity index (χ2v) is 3.66. The largest absolute Gasteiger partial charge is 0.390 e. The fraction of sp³-hybridized carbons (Fsp3) is 0.444. The summed E-state index contributed by atoms with van der Waals surface area (Å²) in [6, 6.07) is 0.600. The predicted octanol–water partition coefficient (Wildman–Crippen LogP) is 2.56. The first kappa shape index (κ1) is 12.3. The molecule has 1 aromatic rings. The molecule has 1 aromatic heterocycles. The maximum Gasteiger partial charge on any atom is 0.390 e. The van der Waals surface area contributed by atoms with Gasteiger partial charge in [0.2, 0.25) is 0 Å². The smallest absolute Gasteiger partial charge is 0.327 e. The van der Waals surface area contributed by atoms with Crippen molar-refractivity contribution >= 4 is 11.6 Å². The lowest BCUT2D eigenvalue weighted by Gasteiger charge is -2.14. The van der Waals surface area contributed by atoms with E-state index in [1.165, 1.54) is 12.4 Å². The van der Waals surface area contributed by atoms with Crippen molar-refractivity contribution in [1.82, 2.24) is 4.98 Å². The van der Waals surface area contributed by atoms with Gasteiger partial charge in [-0.2, -0.15) is 13.2 Å². The molecule has 0 fully saturated rings. The second-order valence-electron chi connectivity index (χ2n) is 3.25. The van der Waals surface area contributed by atoms with E-state index in [0.717, 1.165) is 0 Å². The van der Waals surface area contributed by atoms with Crippen molar-refractivity contribution < 1.29 is 13.2 Å². The summed E-state index contributed by atoms with van der Waals surface area (Å²) in [7, 11) is 0. The molecule has 0 aromatic carbocycles. The molecule has 0 saturated carbocycles. The van der Waals surface area contributed by atoms with E-state index in [0.29, 0.717) is 10.6 Å². The van der Waals surface area contributed by atoms with Gasteiger partial charge < -0.3 is 5.73 Å². The van der Waals surface area contributed by atoms with Crippen LogP contribution in [0.3, 0.4) is 0 Å². The monoisotopic (exact) mass is 238 g/mol. The molecule has 15 heavy (non-hydrogen) atoms. The molecule has 0 spiro atoms. The number of hydrogen-bond acceptors (Lipinski definition) is 2. The molecule has 1 atom stereocenters. The molecule has 1 rings (SSSR count). The Hall–Kier alpha value is -0.810. The summed E-state index contributed by atoms with van der Waals surface area (Å²) in [6.07, 6.45) is -2.29. The van der Waals surface area contributed by atoms with Gasteiger partial charge in [-0.25, -0.2) is 0 Å². The van der Waals surface area contributed by atoms with Crippen LogP contribution in [0.15, 0.2) is 18.5 Å². The Morgan fingerprint density at radius 1 is 1.47 bits per heavy atom. The highest BCUT2D eigenvalue weighted by Crippen LogP contribution is 2.23. The Labute approximate surface area is 90.3 Å². The number of halogens is 4. The van der Waals surface area contributed by atoms with Gasteiger partial charge in [-0.3, -0.25) is 4.98 Å². The zero-order chi connectivity index (χ0) is 11.5. The first-order chi connectivity index (χ1) is 6.88. The maximum absolute atomic E-state index is 12.0. The molecule has 0 saturated heterocycles. The molecule has 0 radical (unpaired) electrons. The van der Waals surface area contributed by atoms with Crippen LogP contribution < -0.4 is 5.73 Å². The Morgan fingerprint density at radius 3 is 2.67 bits per heavy atom. The number of hydrogen-bond donors (Lipinski definition) is 1. The third kappa shape index (κ3) is 4.48. The molecule has 0 aliphatic carbocycles. The normalized spacial score (nSPS) is 13.9. The Kier molecular flexibility index (Phi) is 3.93. The summed E-state index contributed by atoms with van der Waals surface area (Å²) in [6.45, 7) is 0. The van der Waals surface area contributed by atoms with E-state index in [2.05, 4.69) is 4.98 Å². The van der Waals surface area contributed by atoms with Crippen molar-refractivity contribution in [2.45, 2.75) is 25.1 Å².